The predicted molar refractivity (Wildman–Crippen MR) is 77.9 cm³/mol. The molecule has 0 spiro atoms. The molecule has 0 atom stereocenters. The van der Waals surface area contributed by atoms with Crippen LogP contribution >= 0.6 is 11.8 Å². The fourth-order valence-electron chi connectivity index (χ4n) is 2.17. The third-order valence-electron chi connectivity index (χ3n) is 3.14. The van der Waals surface area contributed by atoms with Crippen LogP contribution in [0.5, 0.6) is 0 Å². The van der Waals surface area contributed by atoms with Crippen LogP contribution in [-0.2, 0) is 13.1 Å². The number of nitrogens with zero attached hydrogens (tertiary/aromatic N) is 1. The minimum Gasteiger partial charge on any atom is -0.463 e. The van der Waals surface area contributed by atoms with Gasteiger partial charge in [-0.15, -0.1) is 0 Å². The van der Waals surface area contributed by atoms with Crippen molar-refractivity contribution < 1.29 is 4.42 Å². The molecule has 0 unspecified atom stereocenters. The van der Waals surface area contributed by atoms with E-state index in [1.807, 2.05) is 0 Å². The fourth-order valence-corrected chi connectivity index (χ4v) is 3.09. The Balaban J connectivity index is 1.78. The fraction of sp³-hybridized carbons (Fsp3) is 0.714. The molecule has 1 aliphatic rings. The average Bonchev–Trinajstić information content (AvgIpc) is 2.65. The molecular formula is C14H24N2OS. The number of hydrogen-bond acceptors (Lipinski definition) is 4. The zero-order valence-electron chi connectivity index (χ0n) is 11.3. The molecule has 1 aromatic heterocycles. The lowest BCUT2D eigenvalue weighted by Gasteiger charge is -2.17. The van der Waals surface area contributed by atoms with Gasteiger partial charge in [0.2, 0.25) is 0 Å². The van der Waals surface area contributed by atoms with Crippen LogP contribution < -0.4 is 5.32 Å². The summed E-state index contributed by atoms with van der Waals surface area (Å²) in [5.74, 6) is 4.73. The van der Waals surface area contributed by atoms with Crippen molar-refractivity contribution in [2.45, 2.75) is 32.9 Å². The molecule has 2 rings (SSSR count). The van der Waals surface area contributed by atoms with Gasteiger partial charge in [0.15, 0.2) is 0 Å². The Morgan fingerprint density at radius 2 is 2.17 bits per heavy atom. The van der Waals surface area contributed by atoms with Crippen molar-refractivity contribution in [1.82, 2.24) is 10.2 Å². The highest BCUT2D eigenvalue weighted by atomic mass is 32.2. The lowest BCUT2D eigenvalue weighted by Crippen LogP contribution is -2.25. The normalized spacial score (nSPS) is 17.8. The Kier molecular flexibility index (Phi) is 6.11. The van der Waals surface area contributed by atoms with Gasteiger partial charge in [-0.1, -0.05) is 6.92 Å². The molecule has 0 aliphatic carbocycles. The maximum Gasteiger partial charge on any atom is 0.118 e. The van der Waals surface area contributed by atoms with Crippen molar-refractivity contribution in [3.63, 3.8) is 0 Å². The van der Waals surface area contributed by atoms with Crippen LogP contribution in [-0.4, -0.2) is 36.0 Å². The van der Waals surface area contributed by atoms with Gasteiger partial charge >= 0.3 is 0 Å². The zero-order valence-corrected chi connectivity index (χ0v) is 12.1. The molecule has 1 aliphatic heterocycles. The van der Waals surface area contributed by atoms with Crippen LogP contribution in [0.25, 0.3) is 0 Å². The smallest absolute Gasteiger partial charge is 0.118 e. The van der Waals surface area contributed by atoms with E-state index < -0.39 is 0 Å². The topological polar surface area (TPSA) is 28.4 Å². The molecule has 1 N–H and O–H groups in total. The minimum atomic E-state index is 0.851. The second-order valence-electron chi connectivity index (χ2n) is 4.79. The predicted octanol–water partition coefficient (Wildman–Crippen LogP) is 2.72. The molecule has 2 heterocycles. The third-order valence-corrected chi connectivity index (χ3v) is 4.19. The number of hydrogen-bond donors (Lipinski definition) is 1. The monoisotopic (exact) mass is 268 g/mol. The Bertz CT molecular complexity index is 332. The lowest BCUT2D eigenvalue weighted by atomic mass is 10.3. The van der Waals surface area contributed by atoms with Crippen molar-refractivity contribution >= 4 is 11.8 Å². The van der Waals surface area contributed by atoms with Crippen molar-refractivity contribution in [1.29, 1.82) is 0 Å². The van der Waals surface area contributed by atoms with Gasteiger partial charge < -0.3 is 9.73 Å². The molecule has 4 heteroatoms. The second-order valence-corrected chi connectivity index (χ2v) is 6.01. The first kappa shape index (κ1) is 14.0. The number of nitrogens with one attached hydrogen (secondary N) is 1. The summed E-state index contributed by atoms with van der Waals surface area (Å²) < 4.78 is 5.86. The Labute approximate surface area is 114 Å². The minimum absolute atomic E-state index is 0.851. The molecule has 3 nitrogen and oxygen atoms in total. The summed E-state index contributed by atoms with van der Waals surface area (Å²) >= 11 is 2.07. The summed E-state index contributed by atoms with van der Waals surface area (Å²) in [5, 5.41) is 3.37. The van der Waals surface area contributed by atoms with Crippen LogP contribution in [0, 0.1) is 0 Å². The van der Waals surface area contributed by atoms with E-state index in [-0.39, 0.29) is 0 Å². The molecule has 0 aromatic carbocycles. The zero-order chi connectivity index (χ0) is 12.6. The maximum absolute atomic E-state index is 5.86. The Morgan fingerprint density at radius 3 is 3.06 bits per heavy atom. The number of furan rings is 1. The number of thioether (sulfide) groups is 1. The van der Waals surface area contributed by atoms with Crippen LogP contribution in [0.2, 0.25) is 0 Å². The molecule has 0 saturated carbocycles. The van der Waals surface area contributed by atoms with Gasteiger partial charge in [-0.25, -0.2) is 0 Å². The van der Waals surface area contributed by atoms with E-state index in [0.717, 1.165) is 31.2 Å². The SMILES string of the molecule is CCCNCc1ccc(CN2CCCSCC2)o1. The summed E-state index contributed by atoms with van der Waals surface area (Å²) in [6, 6.07) is 4.23. The largest absolute Gasteiger partial charge is 0.463 e. The van der Waals surface area contributed by atoms with Gasteiger partial charge in [0.25, 0.3) is 0 Å². The quantitative estimate of drug-likeness (QED) is 0.803. The van der Waals surface area contributed by atoms with E-state index >= 15 is 0 Å². The van der Waals surface area contributed by atoms with Crippen LogP contribution in [0.3, 0.4) is 0 Å². The first-order valence-corrected chi connectivity index (χ1v) is 8.12. The van der Waals surface area contributed by atoms with E-state index in [1.54, 1.807) is 0 Å². The standard InChI is InChI=1S/C14H24N2OS/c1-2-6-15-11-13-4-5-14(17-13)12-16-7-3-9-18-10-8-16/h4-5,15H,2-3,6-12H2,1H3. The van der Waals surface area contributed by atoms with E-state index in [2.05, 4.69) is 41.0 Å². The van der Waals surface area contributed by atoms with E-state index in [1.165, 1.54) is 37.4 Å². The molecule has 0 bridgehead atoms. The first-order valence-electron chi connectivity index (χ1n) is 6.97. The van der Waals surface area contributed by atoms with Crippen LogP contribution in [0.1, 0.15) is 31.3 Å². The van der Waals surface area contributed by atoms with Gasteiger partial charge in [-0.3, -0.25) is 4.90 Å². The summed E-state index contributed by atoms with van der Waals surface area (Å²) in [6.45, 7) is 7.45. The van der Waals surface area contributed by atoms with E-state index in [4.69, 9.17) is 4.42 Å². The summed E-state index contributed by atoms with van der Waals surface area (Å²) in [4.78, 5) is 2.50. The first-order chi connectivity index (χ1) is 8.88. The van der Waals surface area contributed by atoms with Crippen LogP contribution in [0.4, 0.5) is 0 Å². The second kappa shape index (κ2) is 7.87. The molecule has 0 radical (unpaired) electrons. The third kappa shape index (κ3) is 4.67. The van der Waals surface area contributed by atoms with Crippen LogP contribution in [0.15, 0.2) is 16.5 Å². The van der Waals surface area contributed by atoms with Crippen molar-refractivity contribution in [2.75, 3.05) is 31.1 Å². The van der Waals surface area contributed by atoms with Gasteiger partial charge in [0.05, 0.1) is 13.1 Å². The van der Waals surface area contributed by atoms with Gasteiger partial charge in [-0.05, 0) is 43.8 Å². The summed E-state index contributed by atoms with van der Waals surface area (Å²) in [5.41, 5.74) is 0. The molecule has 1 fully saturated rings. The Morgan fingerprint density at radius 1 is 1.28 bits per heavy atom. The molecule has 0 amide bonds. The van der Waals surface area contributed by atoms with E-state index in [0.29, 0.717) is 0 Å². The molecule has 1 saturated heterocycles. The van der Waals surface area contributed by atoms with Gasteiger partial charge in [-0.2, -0.15) is 11.8 Å². The maximum atomic E-state index is 5.86. The van der Waals surface area contributed by atoms with Gasteiger partial charge in [0.1, 0.15) is 11.5 Å². The highest BCUT2D eigenvalue weighted by molar-refractivity contribution is 7.99. The molecular weight excluding hydrogens is 244 g/mol. The Hall–Kier alpha value is -0.450. The average molecular weight is 268 g/mol. The van der Waals surface area contributed by atoms with Crippen molar-refractivity contribution in [2.24, 2.45) is 0 Å². The highest BCUT2D eigenvalue weighted by Crippen LogP contribution is 2.15. The highest BCUT2D eigenvalue weighted by Gasteiger charge is 2.11. The van der Waals surface area contributed by atoms with Crippen molar-refractivity contribution in [3.8, 4) is 0 Å². The molecule has 102 valence electrons. The van der Waals surface area contributed by atoms with Gasteiger partial charge in [0, 0.05) is 12.3 Å². The number of rotatable bonds is 6. The molecule has 1 aromatic rings. The lowest BCUT2D eigenvalue weighted by molar-refractivity contribution is 0.258. The summed E-state index contributed by atoms with van der Waals surface area (Å²) in [7, 11) is 0. The molecule has 18 heavy (non-hydrogen) atoms. The summed E-state index contributed by atoms with van der Waals surface area (Å²) in [6.07, 6.45) is 2.47. The van der Waals surface area contributed by atoms with Crippen molar-refractivity contribution in [3.05, 3.63) is 23.7 Å². The van der Waals surface area contributed by atoms with E-state index in [9.17, 15) is 0 Å².